The van der Waals surface area contributed by atoms with Crippen LogP contribution in [0.5, 0.6) is 0 Å². The third kappa shape index (κ3) is 0.984. The fourth-order valence-corrected chi connectivity index (χ4v) is 8.21. The van der Waals surface area contributed by atoms with Gasteiger partial charge in [0.2, 0.25) is 0 Å². The van der Waals surface area contributed by atoms with Gasteiger partial charge in [-0.3, -0.25) is 0 Å². The molecule has 2 aromatic rings. The first-order valence-corrected chi connectivity index (χ1v) is 9.66. The van der Waals surface area contributed by atoms with Gasteiger partial charge in [0.1, 0.15) is 5.76 Å². The summed E-state index contributed by atoms with van der Waals surface area (Å²) in [5, 5.41) is 0. The van der Waals surface area contributed by atoms with Gasteiger partial charge in [-0.25, -0.2) is 23.5 Å². The highest BCUT2D eigenvalue weighted by Crippen LogP contribution is 3.03. The van der Waals surface area contributed by atoms with Crippen molar-refractivity contribution in [1.82, 2.24) is 13.9 Å². The highest BCUT2D eigenvalue weighted by atomic mass is 16.5. The molecule has 8 atom stereocenters. The molecule has 0 unspecified atom stereocenters. The molecule has 0 N–H and O–H groups in total. The van der Waals surface area contributed by atoms with E-state index in [2.05, 4.69) is 18.2 Å². The summed E-state index contributed by atoms with van der Waals surface area (Å²) < 4.78 is 10.5. The first-order chi connectivity index (χ1) is 13.2. The number of aromatic nitrogens is 3. The molecule has 6 nitrogen and oxygen atoms in total. The maximum absolute atomic E-state index is 13.4. The summed E-state index contributed by atoms with van der Waals surface area (Å²) in [4.78, 5) is 26.8. The predicted octanol–water partition coefficient (Wildman–Crippen LogP) is 1.49. The van der Waals surface area contributed by atoms with Crippen molar-refractivity contribution < 1.29 is 4.74 Å². The summed E-state index contributed by atoms with van der Waals surface area (Å²) in [5.74, 6) is 3.23. The highest BCUT2D eigenvalue weighted by Gasteiger charge is 3.02. The zero-order chi connectivity index (χ0) is 17.9. The number of benzene rings is 1. The van der Waals surface area contributed by atoms with Crippen molar-refractivity contribution in [2.45, 2.75) is 12.1 Å². The Morgan fingerprint density at radius 1 is 0.926 bits per heavy atom. The third-order valence-corrected chi connectivity index (χ3v) is 8.67. The van der Waals surface area contributed by atoms with E-state index in [0.29, 0.717) is 29.4 Å². The van der Waals surface area contributed by atoms with Crippen LogP contribution in [0.25, 0.3) is 5.69 Å². The van der Waals surface area contributed by atoms with Crippen LogP contribution in [0.3, 0.4) is 0 Å². The van der Waals surface area contributed by atoms with Gasteiger partial charge in [0, 0.05) is 10.8 Å². The monoisotopic (exact) mass is 359 g/mol. The van der Waals surface area contributed by atoms with Gasteiger partial charge in [0.05, 0.1) is 24.9 Å². The average Bonchev–Trinajstić information content (AvgIpc) is 3.46. The summed E-state index contributed by atoms with van der Waals surface area (Å²) in [7, 11) is 1.70. The molecule has 9 rings (SSSR count). The second-order valence-electron chi connectivity index (χ2n) is 8.97. The third-order valence-electron chi connectivity index (χ3n) is 8.67. The van der Waals surface area contributed by atoms with Crippen molar-refractivity contribution in [3.63, 3.8) is 0 Å². The Labute approximate surface area is 154 Å². The number of rotatable bonds is 2. The molecule has 2 spiro atoms. The van der Waals surface area contributed by atoms with E-state index < -0.39 is 0 Å². The van der Waals surface area contributed by atoms with Crippen LogP contribution >= 0.6 is 0 Å². The number of hydrogen-bond donors (Lipinski definition) is 0. The minimum atomic E-state index is -0.192. The number of ether oxygens (including phenoxy) is 1. The number of hydrogen-bond acceptors (Lipinski definition) is 3. The van der Waals surface area contributed by atoms with Crippen LogP contribution in [0.15, 0.2) is 63.9 Å². The molecule has 5 aliphatic carbocycles. The van der Waals surface area contributed by atoms with Crippen molar-refractivity contribution in [3.05, 3.63) is 75.3 Å². The maximum atomic E-state index is 13.4. The molecule has 0 amide bonds. The summed E-state index contributed by atoms with van der Waals surface area (Å²) in [6, 6.07) is 9.48. The minimum absolute atomic E-state index is 0.0168. The number of allylic oxidation sites excluding steroid dienone is 3. The van der Waals surface area contributed by atoms with Crippen LogP contribution in [0, 0.1) is 34.5 Å². The Balaban J connectivity index is 1.46. The second kappa shape index (κ2) is 3.51. The van der Waals surface area contributed by atoms with E-state index in [0.717, 1.165) is 5.76 Å². The first kappa shape index (κ1) is 13.4. The van der Waals surface area contributed by atoms with Gasteiger partial charge in [-0.1, -0.05) is 24.3 Å². The lowest BCUT2D eigenvalue weighted by Gasteiger charge is -2.47. The van der Waals surface area contributed by atoms with Crippen LogP contribution < -0.4 is 11.4 Å². The fraction of sp³-hybridized carbons (Fsp3) is 0.429. The largest absolute Gasteiger partial charge is 0.497 e. The predicted molar refractivity (Wildman–Crippen MR) is 95.4 cm³/mol. The molecule has 4 saturated carbocycles. The van der Waals surface area contributed by atoms with E-state index in [9.17, 15) is 9.59 Å². The smallest absolute Gasteiger partial charge is 0.352 e. The Kier molecular flexibility index (Phi) is 1.74. The molecule has 2 bridgehead atoms. The number of para-hydroxylation sites is 1. The molecular formula is C21H17N3O3. The van der Waals surface area contributed by atoms with E-state index in [-0.39, 0.29) is 34.3 Å². The molecule has 3 heterocycles. The van der Waals surface area contributed by atoms with Crippen molar-refractivity contribution in [3.8, 4) is 5.69 Å². The van der Waals surface area contributed by atoms with E-state index in [1.165, 1.54) is 4.57 Å². The van der Waals surface area contributed by atoms with Crippen LogP contribution in [-0.4, -0.2) is 21.0 Å². The quantitative estimate of drug-likeness (QED) is 0.816. The van der Waals surface area contributed by atoms with Crippen molar-refractivity contribution in [1.29, 1.82) is 0 Å². The van der Waals surface area contributed by atoms with Crippen LogP contribution in [0.1, 0.15) is 12.1 Å². The topological polar surface area (TPSA) is 58.2 Å². The lowest BCUT2D eigenvalue weighted by molar-refractivity contribution is 0.0417. The van der Waals surface area contributed by atoms with E-state index >= 15 is 0 Å². The Hall–Kier alpha value is -2.76. The Morgan fingerprint density at radius 2 is 1.59 bits per heavy atom. The lowest BCUT2D eigenvalue weighted by atomic mass is 9.69. The molecule has 4 fully saturated rings. The van der Waals surface area contributed by atoms with Gasteiger partial charge >= 0.3 is 11.4 Å². The molecule has 1 aromatic carbocycles. The van der Waals surface area contributed by atoms with Crippen molar-refractivity contribution in [2.24, 2.45) is 34.5 Å². The summed E-state index contributed by atoms with van der Waals surface area (Å²) in [6.07, 6.45) is 6.65. The van der Waals surface area contributed by atoms with Gasteiger partial charge in [-0.2, -0.15) is 0 Å². The average molecular weight is 359 g/mol. The van der Waals surface area contributed by atoms with Gasteiger partial charge in [0.15, 0.2) is 0 Å². The minimum Gasteiger partial charge on any atom is -0.497 e. The van der Waals surface area contributed by atoms with Crippen LogP contribution in [0.4, 0.5) is 0 Å². The molecule has 27 heavy (non-hydrogen) atoms. The van der Waals surface area contributed by atoms with Crippen molar-refractivity contribution in [2.75, 3.05) is 7.11 Å². The Bertz CT molecular complexity index is 1260. The zero-order valence-corrected chi connectivity index (χ0v) is 14.6. The lowest BCUT2D eigenvalue weighted by Crippen LogP contribution is -2.52. The fourth-order valence-electron chi connectivity index (χ4n) is 8.21. The standard InChI is InChI=1S/C21H17N3O3/c1-27-11-7-8-20-15-12-13-14(12)17(21(15,20)9-11)24-19(26)22(10-5-3-2-4-6-10)18(25)23(24)16(13)20/h2-9,12-17H,1H3/t12-,13-,14-,15+,16-,17+,20+,21+/m0/s1. The molecule has 2 aliphatic heterocycles. The van der Waals surface area contributed by atoms with Gasteiger partial charge in [-0.05, 0) is 48.0 Å². The van der Waals surface area contributed by atoms with E-state index in [1.54, 1.807) is 7.11 Å². The van der Waals surface area contributed by atoms with E-state index in [1.807, 2.05) is 39.7 Å². The number of nitrogens with zero attached hydrogens (tertiary/aromatic N) is 3. The summed E-state index contributed by atoms with van der Waals surface area (Å²) in [6.45, 7) is 0. The summed E-state index contributed by atoms with van der Waals surface area (Å²) in [5.41, 5.74) is 0.264. The molecular weight excluding hydrogens is 342 g/mol. The second-order valence-corrected chi connectivity index (χ2v) is 8.97. The normalized spacial score (nSPS) is 47.4. The maximum Gasteiger partial charge on any atom is 0.352 e. The molecule has 0 radical (unpaired) electrons. The van der Waals surface area contributed by atoms with Gasteiger partial charge in [-0.15, -0.1) is 0 Å². The molecule has 7 aliphatic rings. The molecule has 6 heteroatoms. The molecule has 134 valence electrons. The van der Waals surface area contributed by atoms with Crippen LogP contribution in [-0.2, 0) is 4.74 Å². The first-order valence-electron chi connectivity index (χ1n) is 9.66. The Morgan fingerprint density at radius 3 is 2.26 bits per heavy atom. The van der Waals surface area contributed by atoms with Crippen molar-refractivity contribution >= 4 is 0 Å². The van der Waals surface area contributed by atoms with Gasteiger partial charge in [0.25, 0.3) is 0 Å². The number of methoxy groups -OCH3 is 1. The SMILES string of the molecule is COC1=C[C@@]23[C@@H]4[C@H]5[C@H]6[C@H]5[C@H]2n2c(=O)n(-c5ccccc5)c(=O)n2[C@@H]6[C@@]43C=C1. The van der Waals surface area contributed by atoms with Gasteiger partial charge < -0.3 is 4.74 Å². The van der Waals surface area contributed by atoms with E-state index in [4.69, 9.17) is 4.74 Å². The molecule has 0 saturated heterocycles. The highest BCUT2D eigenvalue weighted by molar-refractivity contribution is 5.58. The summed E-state index contributed by atoms with van der Waals surface area (Å²) >= 11 is 0. The van der Waals surface area contributed by atoms with Crippen LogP contribution in [0.2, 0.25) is 0 Å². The zero-order valence-electron chi connectivity index (χ0n) is 14.6. The molecule has 1 aromatic heterocycles.